The number of fused-ring (bicyclic) bond motifs is 1. The Balaban J connectivity index is 1.50. The highest BCUT2D eigenvalue weighted by atomic mass is 32.2. The first-order valence-corrected chi connectivity index (χ1v) is 14.4. The van der Waals surface area contributed by atoms with Gasteiger partial charge in [-0.1, -0.05) is 6.58 Å². The molecule has 198 valence electrons. The van der Waals surface area contributed by atoms with Gasteiger partial charge >= 0.3 is 0 Å². The van der Waals surface area contributed by atoms with E-state index in [4.69, 9.17) is 9.84 Å². The molecule has 0 bridgehead atoms. The van der Waals surface area contributed by atoms with Gasteiger partial charge in [-0.15, -0.1) is 4.40 Å². The molecule has 2 aromatic carbocycles. The van der Waals surface area contributed by atoms with Gasteiger partial charge in [-0.05, 0) is 80.3 Å². The molecule has 10 heteroatoms. The normalized spacial score (nSPS) is 16.1. The SMILES string of the molecule is C=C(C)c1nn(-c2ccc(OC)cc2)c2c1CCN(c1ccc(C(=NS(C)(=O)=O)N3CCCC3)cc1)C2=O. The molecule has 0 radical (unpaired) electrons. The summed E-state index contributed by atoms with van der Waals surface area (Å²) < 4.78 is 35.0. The van der Waals surface area contributed by atoms with E-state index in [1.165, 1.54) is 0 Å². The number of methoxy groups -OCH3 is 1. The number of carbonyl (C=O) groups is 1. The van der Waals surface area contributed by atoms with Crippen LogP contribution in [0.4, 0.5) is 5.69 Å². The standard InChI is InChI=1S/C28H31N5O4S/c1-19(2)25-24-15-18-32(28(34)26(24)33(29-25)22-11-13-23(37-3)14-12-22)21-9-7-20(8-10-21)27(30-38(4,35)36)31-16-5-6-17-31/h7-14H,1,5-6,15-18H2,2-4H3. The molecule has 3 aromatic rings. The Labute approximate surface area is 223 Å². The third-order valence-corrected chi connectivity index (χ3v) is 7.34. The van der Waals surface area contributed by atoms with E-state index in [2.05, 4.69) is 11.0 Å². The van der Waals surface area contributed by atoms with Crippen LogP contribution in [-0.4, -0.2) is 67.8 Å². The second-order valence-corrected chi connectivity index (χ2v) is 11.3. The third-order valence-electron chi connectivity index (χ3n) is 6.83. The summed E-state index contributed by atoms with van der Waals surface area (Å²) in [5.74, 6) is 1.02. The van der Waals surface area contributed by atoms with Crippen LogP contribution in [0.3, 0.4) is 0 Å². The third kappa shape index (κ3) is 4.96. The van der Waals surface area contributed by atoms with Gasteiger partial charge in [0.15, 0.2) is 0 Å². The highest BCUT2D eigenvalue weighted by molar-refractivity contribution is 7.89. The Morgan fingerprint density at radius 1 is 1.00 bits per heavy atom. The van der Waals surface area contributed by atoms with E-state index in [0.717, 1.165) is 66.1 Å². The van der Waals surface area contributed by atoms with Crippen molar-refractivity contribution in [2.45, 2.75) is 26.2 Å². The zero-order valence-electron chi connectivity index (χ0n) is 21.8. The molecule has 9 nitrogen and oxygen atoms in total. The van der Waals surface area contributed by atoms with Gasteiger partial charge in [0, 0.05) is 36.4 Å². The van der Waals surface area contributed by atoms with Crippen molar-refractivity contribution in [2.24, 2.45) is 4.40 Å². The van der Waals surface area contributed by atoms with E-state index in [-0.39, 0.29) is 5.91 Å². The molecule has 1 amide bonds. The minimum Gasteiger partial charge on any atom is -0.497 e. The van der Waals surface area contributed by atoms with Gasteiger partial charge in [0.25, 0.3) is 15.9 Å². The van der Waals surface area contributed by atoms with Crippen molar-refractivity contribution in [3.63, 3.8) is 0 Å². The summed E-state index contributed by atoms with van der Waals surface area (Å²) in [6.07, 6.45) is 3.74. The summed E-state index contributed by atoms with van der Waals surface area (Å²) in [7, 11) is -1.96. The summed E-state index contributed by atoms with van der Waals surface area (Å²) in [6, 6.07) is 14.8. The van der Waals surface area contributed by atoms with Gasteiger partial charge in [-0.3, -0.25) is 4.79 Å². The summed E-state index contributed by atoms with van der Waals surface area (Å²) in [6.45, 7) is 8.00. The minimum atomic E-state index is -3.57. The molecular formula is C28H31N5O4S. The maximum Gasteiger partial charge on any atom is 0.277 e. The van der Waals surface area contributed by atoms with Crippen LogP contribution in [0.5, 0.6) is 5.75 Å². The van der Waals surface area contributed by atoms with Crippen LogP contribution in [0.2, 0.25) is 0 Å². The van der Waals surface area contributed by atoms with Crippen molar-refractivity contribution in [2.75, 3.05) is 37.9 Å². The minimum absolute atomic E-state index is 0.153. The monoisotopic (exact) mass is 533 g/mol. The van der Waals surface area contributed by atoms with Crippen molar-refractivity contribution >= 4 is 33.0 Å². The molecule has 0 N–H and O–H groups in total. The predicted octanol–water partition coefficient (Wildman–Crippen LogP) is 3.92. The van der Waals surface area contributed by atoms with Gasteiger partial charge in [-0.25, -0.2) is 13.1 Å². The van der Waals surface area contributed by atoms with E-state index in [1.807, 2.05) is 60.4 Å². The lowest BCUT2D eigenvalue weighted by atomic mass is 10.00. The molecule has 0 spiro atoms. The Bertz CT molecular complexity index is 1520. The molecule has 0 unspecified atom stereocenters. The second-order valence-electron chi connectivity index (χ2n) is 9.66. The summed E-state index contributed by atoms with van der Waals surface area (Å²) in [4.78, 5) is 17.6. The maximum absolute atomic E-state index is 13.9. The molecule has 2 aliphatic rings. The van der Waals surface area contributed by atoms with Crippen LogP contribution in [0.25, 0.3) is 11.3 Å². The predicted molar refractivity (Wildman–Crippen MR) is 149 cm³/mol. The molecule has 3 heterocycles. The quantitative estimate of drug-likeness (QED) is 0.352. The summed E-state index contributed by atoms with van der Waals surface area (Å²) in [5, 5.41) is 4.76. The highest BCUT2D eigenvalue weighted by Gasteiger charge is 2.33. The zero-order chi connectivity index (χ0) is 27.0. The number of hydrogen-bond acceptors (Lipinski definition) is 5. The average molecular weight is 534 g/mol. The Morgan fingerprint density at radius 2 is 1.63 bits per heavy atom. The Morgan fingerprint density at radius 3 is 2.21 bits per heavy atom. The Hall–Kier alpha value is -3.92. The van der Waals surface area contributed by atoms with E-state index in [0.29, 0.717) is 30.1 Å². The van der Waals surface area contributed by atoms with E-state index in [9.17, 15) is 13.2 Å². The maximum atomic E-state index is 13.9. The summed E-state index contributed by atoms with van der Waals surface area (Å²) >= 11 is 0. The fraction of sp³-hybridized carbons (Fsp3) is 0.321. The number of amidine groups is 1. The Kier molecular flexibility index (Phi) is 6.83. The number of amides is 1. The fourth-order valence-electron chi connectivity index (χ4n) is 5.03. The van der Waals surface area contributed by atoms with Crippen LogP contribution in [-0.2, 0) is 16.4 Å². The number of carbonyl (C=O) groups excluding carboxylic acids is 1. The molecule has 0 aliphatic carbocycles. The number of ether oxygens (including phenoxy) is 1. The van der Waals surface area contributed by atoms with Gasteiger partial charge in [-0.2, -0.15) is 5.10 Å². The van der Waals surface area contributed by atoms with Crippen LogP contribution in [0, 0.1) is 0 Å². The lowest BCUT2D eigenvalue weighted by Crippen LogP contribution is -2.39. The molecule has 1 fully saturated rings. The van der Waals surface area contributed by atoms with Crippen molar-refractivity contribution in [1.29, 1.82) is 0 Å². The average Bonchev–Trinajstić information content (AvgIpc) is 3.56. The number of rotatable bonds is 6. The van der Waals surface area contributed by atoms with E-state index < -0.39 is 10.0 Å². The number of allylic oxidation sites excluding steroid dienone is 1. The number of nitrogens with zero attached hydrogens (tertiary/aromatic N) is 5. The van der Waals surface area contributed by atoms with E-state index in [1.54, 1.807) is 16.7 Å². The van der Waals surface area contributed by atoms with Crippen molar-refractivity contribution in [3.8, 4) is 11.4 Å². The number of aromatic nitrogens is 2. The van der Waals surface area contributed by atoms with Gasteiger partial charge < -0.3 is 14.5 Å². The lowest BCUT2D eigenvalue weighted by molar-refractivity contribution is 0.0973. The first kappa shape index (κ1) is 25.7. The molecule has 0 saturated carbocycles. The zero-order valence-corrected chi connectivity index (χ0v) is 22.7. The highest BCUT2D eigenvalue weighted by Crippen LogP contribution is 2.32. The second kappa shape index (κ2) is 10.1. The first-order chi connectivity index (χ1) is 18.2. The van der Waals surface area contributed by atoms with Crippen LogP contribution < -0.4 is 9.64 Å². The lowest BCUT2D eigenvalue weighted by Gasteiger charge is -2.28. The fourth-order valence-corrected chi connectivity index (χ4v) is 5.56. The smallest absolute Gasteiger partial charge is 0.277 e. The molecule has 2 aliphatic heterocycles. The number of sulfonamides is 1. The first-order valence-electron chi connectivity index (χ1n) is 12.6. The van der Waals surface area contributed by atoms with Gasteiger partial charge in [0.1, 0.15) is 17.3 Å². The molecule has 0 atom stereocenters. The van der Waals surface area contributed by atoms with Crippen molar-refractivity contribution in [3.05, 3.63) is 77.6 Å². The molecule has 1 saturated heterocycles. The topological polar surface area (TPSA) is 97.1 Å². The number of hydrogen-bond donors (Lipinski definition) is 0. The molecule has 5 rings (SSSR count). The number of benzene rings is 2. The number of likely N-dealkylation sites (tertiary alicyclic amines) is 1. The van der Waals surface area contributed by atoms with Crippen molar-refractivity contribution in [1.82, 2.24) is 14.7 Å². The molecule has 38 heavy (non-hydrogen) atoms. The molecule has 1 aromatic heterocycles. The van der Waals surface area contributed by atoms with E-state index >= 15 is 0 Å². The van der Waals surface area contributed by atoms with Crippen molar-refractivity contribution < 1.29 is 17.9 Å². The molecular weight excluding hydrogens is 502 g/mol. The van der Waals surface area contributed by atoms with Crippen LogP contribution >= 0.6 is 0 Å². The van der Waals surface area contributed by atoms with Crippen LogP contribution in [0.1, 0.15) is 47.1 Å². The van der Waals surface area contributed by atoms with Gasteiger partial charge in [0.2, 0.25) is 0 Å². The van der Waals surface area contributed by atoms with Crippen LogP contribution in [0.15, 0.2) is 59.5 Å². The summed E-state index contributed by atoms with van der Waals surface area (Å²) in [5.41, 5.74) is 5.14. The van der Waals surface area contributed by atoms with Gasteiger partial charge in [0.05, 0.1) is 24.7 Å². The number of anilines is 1. The largest absolute Gasteiger partial charge is 0.497 e.